The van der Waals surface area contributed by atoms with E-state index in [4.69, 9.17) is 17.3 Å². The molecule has 0 aliphatic carbocycles. The summed E-state index contributed by atoms with van der Waals surface area (Å²) in [5.74, 6) is -1.07. The number of carbonyl (C=O) groups excluding carboxylic acids is 1. The first-order valence-corrected chi connectivity index (χ1v) is 4.35. The van der Waals surface area contributed by atoms with Gasteiger partial charge in [0.15, 0.2) is 0 Å². The number of benzene rings is 1. The van der Waals surface area contributed by atoms with Crippen LogP contribution < -0.4 is 11.1 Å². The maximum absolute atomic E-state index is 12.9. The molecule has 1 aromatic carbocycles. The van der Waals surface area contributed by atoms with Crippen molar-refractivity contribution < 1.29 is 9.18 Å². The average molecular weight is 217 g/mol. The fraction of sp³-hybridized carbons (Fsp3) is 0.222. The maximum Gasteiger partial charge on any atom is 0.239 e. The number of rotatable bonds is 3. The molecule has 0 aliphatic heterocycles. The van der Waals surface area contributed by atoms with Crippen LogP contribution in [0.5, 0.6) is 0 Å². The maximum atomic E-state index is 12.9. The lowest BCUT2D eigenvalue weighted by molar-refractivity contribution is -0.120. The number of halogens is 2. The Hall–Kier alpha value is -1.13. The van der Waals surface area contributed by atoms with Crippen molar-refractivity contribution in [2.24, 2.45) is 5.73 Å². The Morgan fingerprint density at radius 3 is 2.64 bits per heavy atom. The van der Waals surface area contributed by atoms with Crippen LogP contribution in [0.1, 0.15) is 11.6 Å². The molecule has 0 fully saturated rings. The molecule has 1 unspecified atom stereocenters. The van der Waals surface area contributed by atoms with Crippen LogP contribution in [0.4, 0.5) is 4.39 Å². The molecule has 3 N–H and O–H groups in total. The Morgan fingerprint density at radius 1 is 1.57 bits per heavy atom. The van der Waals surface area contributed by atoms with Crippen LogP contribution in [-0.2, 0) is 4.79 Å². The van der Waals surface area contributed by atoms with Gasteiger partial charge in [0.25, 0.3) is 0 Å². The number of hydrogen-bond acceptors (Lipinski definition) is 2. The first-order chi connectivity index (χ1) is 6.54. The molecule has 5 heteroatoms. The fourth-order valence-electron chi connectivity index (χ4n) is 1.22. The second-order valence-electron chi connectivity index (χ2n) is 2.83. The molecule has 0 aliphatic rings. The van der Waals surface area contributed by atoms with Crippen molar-refractivity contribution in [3.05, 3.63) is 34.6 Å². The number of nitrogens with one attached hydrogen (secondary N) is 1. The van der Waals surface area contributed by atoms with E-state index < -0.39 is 17.8 Å². The van der Waals surface area contributed by atoms with E-state index in [0.717, 1.165) is 0 Å². The van der Waals surface area contributed by atoms with Gasteiger partial charge in [0.05, 0.1) is 0 Å². The lowest BCUT2D eigenvalue weighted by Crippen LogP contribution is -2.31. The summed E-state index contributed by atoms with van der Waals surface area (Å²) in [6.07, 6.45) is 0. The summed E-state index contributed by atoms with van der Waals surface area (Å²) < 4.78 is 12.9. The monoisotopic (exact) mass is 216 g/mol. The highest BCUT2D eigenvalue weighted by atomic mass is 35.5. The first-order valence-electron chi connectivity index (χ1n) is 3.97. The van der Waals surface area contributed by atoms with Crippen LogP contribution in [0.2, 0.25) is 5.02 Å². The zero-order valence-corrected chi connectivity index (χ0v) is 8.31. The molecule has 3 nitrogen and oxygen atoms in total. The summed E-state index contributed by atoms with van der Waals surface area (Å²) in [6.45, 7) is 0. The Balaban J connectivity index is 3.10. The van der Waals surface area contributed by atoms with Crippen LogP contribution in [0, 0.1) is 5.82 Å². The first kappa shape index (κ1) is 10.9. The Labute approximate surface area is 86.0 Å². The molecular weight excluding hydrogens is 207 g/mol. The molecule has 0 heterocycles. The molecule has 14 heavy (non-hydrogen) atoms. The predicted molar refractivity (Wildman–Crippen MR) is 52.4 cm³/mol. The number of amides is 1. The second kappa shape index (κ2) is 4.39. The molecule has 1 amide bonds. The van der Waals surface area contributed by atoms with E-state index in [1.54, 1.807) is 7.05 Å². The molecule has 1 atom stereocenters. The Kier molecular flexibility index (Phi) is 3.43. The summed E-state index contributed by atoms with van der Waals surface area (Å²) in [4.78, 5) is 10.9. The van der Waals surface area contributed by atoms with Crippen molar-refractivity contribution >= 4 is 17.5 Å². The molecule has 0 spiro atoms. The molecule has 0 saturated carbocycles. The van der Waals surface area contributed by atoms with E-state index in [9.17, 15) is 9.18 Å². The van der Waals surface area contributed by atoms with Gasteiger partial charge in [-0.3, -0.25) is 4.79 Å². The number of hydrogen-bond donors (Lipinski definition) is 2. The molecule has 0 saturated heterocycles. The molecular formula is C9H10ClFN2O. The molecule has 0 radical (unpaired) electrons. The fourth-order valence-corrected chi connectivity index (χ4v) is 1.45. The highest BCUT2D eigenvalue weighted by molar-refractivity contribution is 6.30. The highest BCUT2D eigenvalue weighted by Gasteiger charge is 2.16. The van der Waals surface area contributed by atoms with Gasteiger partial charge < -0.3 is 11.1 Å². The third kappa shape index (κ3) is 2.43. The van der Waals surface area contributed by atoms with Gasteiger partial charge in [-0.25, -0.2) is 4.39 Å². The van der Waals surface area contributed by atoms with Crippen molar-refractivity contribution in [2.45, 2.75) is 6.04 Å². The smallest absolute Gasteiger partial charge is 0.239 e. The normalized spacial score (nSPS) is 12.5. The lowest BCUT2D eigenvalue weighted by atomic mass is 10.1. The molecule has 76 valence electrons. The lowest BCUT2D eigenvalue weighted by Gasteiger charge is -2.12. The van der Waals surface area contributed by atoms with Gasteiger partial charge in [0, 0.05) is 5.02 Å². The highest BCUT2D eigenvalue weighted by Crippen LogP contribution is 2.19. The molecule has 0 bridgehead atoms. The number of carbonyl (C=O) groups is 1. The van der Waals surface area contributed by atoms with E-state index in [1.807, 2.05) is 0 Å². The molecule has 0 aromatic heterocycles. The Morgan fingerprint density at radius 2 is 2.21 bits per heavy atom. The van der Waals surface area contributed by atoms with Crippen molar-refractivity contribution in [3.63, 3.8) is 0 Å². The second-order valence-corrected chi connectivity index (χ2v) is 3.26. The standard InChI is InChI=1S/C9H10ClFN2O/c1-13-8(9(12)14)5-2-6(10)4-7(11)3-5/h2-4,8,13H,1H3,(H2,12,14). The van der Waals surface area contributed by atoms with Crippen LogP contribution in [0.3, 0.4) is 0 Å². The van der Waals surface area contributed by atoms with Crippen molar-refractivity contribution in [3.8, 4) is 0 Å². The van der Waals surface area contributed by atoms with E-state index >= 15 is 0 Å². The van der Waals surface area contributed by atoms with E-state index in [2.05, 4.69) is 5.32 Å². The van der Waals surface area contributed by atoms with Crippen molar-refractivity contribution in [1.82, 2.24) is 5.32 Å². The SMILES string of the molecule is CNC(C(N)=O)c1cc(F)cc(Cl)c1. The summed E-state index contributed by atoms with van der Waals surface area (Å²) in [6, 6.07) is 3.16. The molecule has 1 rings (SSSR count). The van der Waals surface area contributed by atoms with Crippen molar-refractivity contribution in [1.29, 1.82) is 0 Å². The average Bonchev–Trinajstić information content (AvgIpc) is 2.02. The van der Waals surface area contributed by atoms with Gasteiger partial charge in [0.2, 0.25) is 5.91 Å². The number of nitrogens with two attached hydrogens (primary N) is 1. The number of likely N-dealkylation sites (N-methyl/N-ethyl adjacent to an activating group) is 1. The zero-order chi connectivity index (χ0) is 10.7. The minimum Gasteiger partial charge on any atom is -0.368 e. The predicted octanol–water partition coefficient (Wildman–Crippen LogP) is 1.22. The summed E-state index contributed by atoms with van der Waals surface area (Å²) >= 11 is 5.64. The minimum absolute atomic E-state index is 0.238. The minimum atomic E-state index is -0.719. The zero-order valence-electron chi connectivity index (χ0n) is 7.55. The van der Waals surface area contributed by atoms with Gasteiger partial charge >= 0.3 is 0 Å². The van der Waals surface area contributed by atoms with Gasteiger partial charge in [-0.15, -0.1) is 0 Å². The van der Waals surface area contributed by atoms with Gasteiger partial charge in [-0.05, 0) is 30.8 Å². The van der Waals surface area contributed by atoms with Gasteiger partial charge in [-0.2, -0.15) is 0 Å². The summed E-state index contributed by atoms with van der Waals surface area (Å²) in [7, 11) is 1.56. The third-order valence-corrected chi connectivity index (χ3v) is 2.01. The third-order valence-electron chi connectivity index (χ3n) is 1.79. The molecule has 1 aromatic rings. The van der Waals surface area contributed by atoms with Crippen LogP contribution in [-0.4, -0.2) is 13.0 Å². The quantitative estimate of drug-likeness (QED) is 0.799. The largest absolute Gasteiger partial charge is 0.368 e. The summed E-state index contributed by atoms with van der Waals surface area (Å²) in [5.41, 5.74) is 5.53. The summed E-state index contributed by atoms with van der Waals surface area (Å²) in [5, 5.41) is 2.91. The van der Waals surface area contributed by atoms with Crippen LogP contribution in [0.15, 0.2) is 18.2 Å². The van der Waals surface area contributed by atoms with E-state index in [0.29, 0.717) is 5.56 Å². The van der Waals surface area contributed by atoms with Gasteiger partial charge in [-0.1, -0.05) is 11.6 Å². The van der Waals surface area contributed by atoms with Crippen molar-refractivity contribution in [2.75, 3.05) is 7.05 Å². The van der Waals surface area contributed by atoms with Gasteiger partial charge in [0.1, 0.15) is 11.9 Å². The topological polar surface area (TPSA) is 55.1 Å². The van der Waals surface area contributed by atoms with Crippen LogP contribution in [0.25, 0.3) is 0 Å². The number of primary amides is 1. The van der Waals surface area contributed by atoms with Crippen LogP contribution >= 0.6 is 11.6 Å². The Bertz CT molecular complexity index is 336. The van der Waals surface area contributed by atoms with E-state index in [1.165, 1.54) is 18.2 Å². The van der Waals surface area contributed by atoms with E-state index in [-0.39, 0.29) is 5.02 Å².